The van der Waals surface area contributed by atoms with Gasteiger partial charge in [0.25, 0.3) is 0 Å². The molecule has 0 radical (unpaired) electrons. The van der Waals surface area contributed by atoms with Crippen LogP contribution in [0, 0.1) is 5.92 Å². The fourth-order valence-corrected chi connectivity index (χ4v) is 1.30. The third-order valence-corrected chi connectivity index (χ3v) is 2.35. The van der Waals surface area contributed by atoms with Crippen molar-refractivity contribution in [2.45, 2.75) is 19.5 Å². The lowest BCUT2D eigenvalue weighted by molar-refractivity contribution is 0.109. The average molecular weight is 182 g/mol. The van der Waals surface area contributed by atoms with Crippen LogP contribution in [0.2, 0.25) is 0 Å². The molecule has 0 bridgehead atoms. The smallest absolute Gasteiger partial charge is 0.151 e. The van der Waals surface area contributed by atoms with Crippen molar-refractivity contribution < 1.29 is 4.39 Å². The summed E-state index contributed by atoms with van der Waals surface area (Å²) in [5.41, 5.74) is 4.55. The molecule has 0 amide bonds. The molecular formula is C10H15FN2. The second-order valence-electron chi connectivity index (χ2n) is 3.46. The highest BCUT2D eigenvalue weighted by atomic mass is 19.1. The highest BCUT2D eigenvalue weighted by Crippen LogP contribution is 2.32. The summed E-state index contributed by atoms with van der Waals surface area (Å²) < 4.78 is 14.2. The summed E-state index contributed by atoms with van der Waals surface area (Å²) in [5, 5.41) is 0. The van der Waals surface area contributed by atoms with Crippen molar-refractivity contribution >= 4 is 0 Å². The predicted octanol–water partition coefficient (Wildman–Crippen LogP) is 1.86. The van der Waals surface area contributed by atoms with Gasteiger partial charge >= 0.3 is 0 Å². The highest BCUT2D eigenvalue weighted by Gasteiger charge is 2.34. The summed E-state index contributed by atoms with van der Waals surface area (Å²) in [6.07, 6.45) is 3.16. The highest BCUT2D eigenvalue weighted by molar-refractivity contribution is 5.19. The lowest BCUT2D eigenvalue weighted by Gasteiger charge is -2.27. The van der Waals surface area contributed by atoms with Crippen LogP contribution in [0.1, 0.15) is 19.4 Å². The van der Waals surface area contributed by atoms with E-state index in [9.17, 15) is 4.39 Å². The lowest BCUT2D eigenvalue weighted by atomic mass is 9.86. The van der Waals surface area contributed by atoms with Crippen LogP contribution < -0.4 is 5.73 Å². The van der Waals surface area contributed by atoms with Gasteiger partial charge in [-0.25, -0.2) is 4.39 Å². The van der Waals surface area contributed by atoms with E-state index in [1.165, 1.54) is 6.20 Å². The molecule has 0 saturated carbocycles. The van der Waals surface area contributed by atoms with Crippen molar-refractivity contribution in [1.82, 2.24) is 4.98 Å². The first kappa shape index (κ1) is 10.1. The number of nitrogens with two attached hydrogens (primary N) is 1. The fourth-order valence-electron chi connectivity index (χ4n) is 1.30. The van der Waals surface area contributed by atoms with Gasteiger partial charge in [0.2, 0.25) is 0 Å². The Hall–Kier alpha value is -0.960. The van der Waals surface area contributed by atoms with Gasteiger partial charge in [0, 0.05) is 24.5 Å². The molecule has 1 aromatic heterocycles. The molecule has 0 aromatic carbocycles. The molecule has 0 spiro atoms. The zero-order chi connectivity index (χ0) is 9.90. The Morgan fingerprint density at radius 3 is 2.69 bits per heavy atom. The number of halogens is 1. The van der Waals surface area contributed by atoms with Crippen molar-refractivity contribution in [1.29, 1.82) is 0 Å². The number of nitrogens with zero attached hydrogens (tertiary/aromatic N) is 1. The molecule has 1 aromatic rings. The Kier molecular flexibility index (Phi) is 2.98. The Balaban J connectivity index is 3.03. The van der Waals surface area contributed by atoms with Crippen molar-refractivity contribution in [3.63, 3.8) is 0 Å². The summed E-state index contributed by atoms with van der Waals surface area (Å²) in [5.74, 6) is -0.137. The molecular weight excluding hydrogens is 167 g/mol. The van der Waals surface area contributed by atoms with Gasteiger partial charge in [0.05, 0.1) is 0 Å². The zero-order valence-electron chi connectivity index (χ0n) is 8.00. The molecule has 0 aliphatic carbocycles. The standard InChI is InChI=1S/C10H15FN2/c1-8(2)10(11,7-12)9-4-3-5-13-6-9/h3-6,8H,7,12H2,1-2H3. The fraction of sp³-hybridized carbons (Fsp3) is 0.500. The summed E-state index contributed by atoms with van der Waals surface area (Å²) in [6.45, 7) is 3.64. The minimum atomic E-state index is -1.45. The number of pyridine rings is 1. The summed E-state index contributed by atoms with van der Waals surface area (Å²) in [7, 11) is 0. The Morgan fingerprint density at radius 1 is 1.62 bits per heavy atom. The Labute approximate surface area is 78.0 Å². The molecule has 72 valence electrons. The van der Waals surface area contributed by atoms with Gasteiger partial charge in [-0.3, -0.25) is 4.98 Å². The number of alkyl halides is 1. The van der Waals surface area contributed by atoms with Crippen LogP contribution in [-0.4, -0.2) is 11.5 Å². The average Bonchev–Trinajstić information content (AvgIpc) is 2.17. The summed E-state index contributed by atoms with van der Waals surface area (Å²) >= 11 is 0. The van der Waals surface area contributed by atoms with Crippen molar-refractivity contribution in [2.24, 2.45) is 11.7 Å². The maximum atomic E-state index is 14.2. The van der Waals surface area contributed by atoms with Crippen molar-refractivity contribution in [2.75, 3.05) is 6.54 Å². The normalized spacial score (nSPS) is 15.8. The first-order valence-corrected chi connectivity index (χ1v) is 4.40. The quantitative estimate of drug-likeness (QED) is 0.775. The number of hydrogen-bond acceptors (Lipinski definition) is 2. The van der Waals surface area contributed by atoms with Crippen LogP contribution in [0.5, 0.6) is 0 Å². The minimum Gasteiger partial charge on any atom is -0.327 e. The van der Waals surface area contributed by atoms with Gasteiger partial charge in [-0.15, -0.1) is 0 Å². The largest absolute Gasteiger partial charge is 0.327 e. The monoisotopic (exact) mass is 182 g/mol. The van der Waals surface area contributed by atoms with Gasteiger partial charge in [0.1, 0.15) is 0 Å². The molecule has 2 nitrogen and oxygen atoms in total. The van der Waals surface area contributed by atoms with E-state index in [1.54, 1.807) is 18.3 Å². The van der Waals surface area contributed by atoms with E-state index >= 15 is 0 Å². The van der Waals surface area contributed by atoms with E-state index in [1.807, 2.05) is 13.8 Å². The van der Waals surface area contributed by atoms with Gasteiger partial charge in [-0.1, -0.05) is 19.9 Å². The third-order valence-electron chi connectivity index (χ3n) is 2.35. The summed E-state index contributed by atoms with van der Waals surface area (Å²) in [6, 6.07) is 3.45. The molecule has 1 rings (SSSR count). The SMILES string of the molecule is CC(C)C(F)(CN)c1cccnc1. The van der Waals surface area contributed by atoms with E-state index in [2.05, 4.69) is 4.98 Å². The van der Waals surface area contributed by atoms with Crippen LogP contribution in [-0.2, 0) is 5.67 Å². The van der Waals surface area contributed by atoms with Crippen molar-refractivity contribution in [3.05, 3.63) is 30.1 Å². The van der Waals surface area contributed by atoms with Gasteiger partial charge in [-0.2, -0.15) is 0 Å². The number of aromatic nitrogens is 1. The van der Waals surface area contributed by atoms with Crippen molar-refractivity contribution in [3.8, 4) is 0 Å². The van der Waals surface area contributed by atoms with E-state index < -0.39 is 5.67 Å². The van der Waals surface area contributed by atoms with Crippen LogP contribution >= 0.6 is 0 Å². The second-order valence-corrected chi connectivity index (χ2v) is 3.46. The maximum absolute atomic E-state index is 14.2. The molecule has 13 heavy (non-hydrogen) atoms. The van der Waals surface area contributed by atoms with E-state index in [0.29, 0.717) is 5.56 Å². The molecule has 3 heteroatoms. The van der Waals surface area contributed by atoms with Gasteiger partial charge in [0.15, 0.2) is 5.67 Å². The first-order chi connectivity index (χ1) is 6.11. The second kappa shape index (κ2) is 3.83. The van der Waals surface area contributed by atoms with Crippen LogP contribution in [0.15, 0.2) is 24.5 Å². The molecule has 0 aliphatic rings. The topological polar surface area (TPSA) is 38.9 Å². The summed E-state index contributed by atoms with van der Waals surface area (Å²) in [4.78, 5) is 3.89. The molecule has 0 saturated heterocycles. The number of rotatable bonds is 3. The molecule has 0 fully saturated rings. The molecule has 1 unspecified atom stereocenters. The molecule has 2 N–H and O–H groups in total. The lowest BCUT2D eigenvalue weighted by Crippen LogP contribution is -2.35. The molecule has 1 atom stereocenters. The van der Waals surface area contributed by atoms with E-state index in [4.69, 9.17) is 5.73 Å². The zero-order valence-corrected chi connectivity index (χ0v) is 8.00. The third kappa shape index (κ3) is 1.86. The van der Waals surface area contributed by atoms with Gasteiger partial charge in [-0.05, 0) is 12.0 Å². The van der Waals surface area contributed by atoms with Crippen LogP contribution in [0.25, 0.3) is 0 Å². The minimum absolute atomic E-state index is 0.00361. The number of hydrogen-bond donors (Lipinski definition) is 1. The van der Waals surface area contributed by atoms with Crippen LogP contribution in [0.3, 0.4) is 0 Å². The molecule has 0 aliphatic heterocycles. The molecule has 1 heterocycles. The Morgan fingerprint density at radius 2 is 2.31 bits per heavy atom. The first-order valence-electron chi connectivity index (χ1n) is 4.40. The Bertz CT molecular complexity index is 261. The van der Waals surface area contributed by atoms with E-state index in [0.717, 1.165) is 0 Å². The van der Waals surface area contributed by atoms with Gasteiger partial charge < -0.3 is 5.73 Å². The maximum Gasteiger partial charge on any atom is 0.151 e. The predicted molar refractivity (Wildman–Crippen MR) is 50.9 cm³/mol. The van der Waals surface area contributed by atoms with Crippen LogP contribution in [0.4, 0.5) is 4.39 Å². The van der Waals surface area contributed by atoms with E-state index in [-0.39, 0.29) is 12.5 Å².